The van der Waals surface area contributed by atoms with E-state index in [4.69, 9.17) is 11.5 Å². The second kappa shape index (κ2) is 9.76. The minimum atomic E-state index is -4.37. The smallest absolute Gasteiger partial charge is 0.293 e. The van der Waals surface area contributed by atoms with Crippen LogP contribution in [0.3, 0.4) is 0 Å². The predicted octanol–water partition coefficient (Wildman–Crippen LogP) is -1.42. The van der Waals surface area contributed by atoms with E-state index in [0.29, 0.717) is 11.1 Å². The van der Waals surface area contributed by atoms with Gasteiger partial charge in [-0.2, -0.15) is 13.6 Å². The molecular weight excluding hydrogens is 498 g/mol. The van der Waals surface area contributed by atoms with Gasteiger partial charge in [0.25, 0.3) is 15.9 Å². The number of nitrogens with two attached hydrogens (primary N) is 2. The maximum absolute atomic E-state index is 13.4. The van der Waals surface area contributed by atoms with E-state index < -0.39 is 31.9 Å². The van der Waals surface area contributed by atoms with Crippen molar-refractivity contribution in [2.24, 2.45) is 15.2 Å². The minimum Gasteiger partial charge on any atom is -0.390 e. The van der Waals surface area contributed by atoms with Crippen molar-refractivity contribution in [3.05, 3.63) is 42.0 Å². The van der Waals surface area contributed by atoms with Gasteiger partial charge in [-0.15, -0.1) is 10.2 Å². The Kier molecular flexibility index (Phi) is 6.93. The molecule has 0 fully saturated rings. The molecule has 0 aliphatic carbocycles. The largest absolute Gasteiger partial charge is 0.390 e. The molecule has 2 heterocycles. The van der Waals surface area contributed by atoms with E-state index in [1.165, 1.54) is 12.1 Å². The number of rotatable bonds is 9. The molecule has 1 unspecified atom stereocenters. The Bertz CT molecular complexity index is 1480. The van der Waals surface area contributed by atoms with Crippen molar-refractivity contribution in [3.63, 3.8) is 0 Å². The van der Waals surface area contributed by atoms with E-state index in [-0.39, 0.29) is 52.9 Å². The number of aromatic nitrogens is 4. The summed E-state index contributed by atoms with van der Waals surface area (Å²) < 4.78 is 45.8. The molecular formula is C19H23N9O5S2. The van der Waals surface area contributed by atoms with Gasteiger partial charge in [-0.25, -0.2) is 8.93 Å². The van der Waals surface area contributed by atoms with Crippen LogP contribution in [0.15, 0.2) is 50.0 Å². The van der Waals surface area contributed by atoms with Crippen LogP contribution in [0, 0.1) is 0 Å². The van der Waals surface area contributed by atoms with Crippen LogP contribution in [0.4, 0.5) is 0 Å². The quantitative estimate of drug-likeness (QED) is 0.192. The molecule has 8 N–H and O–H groups in total. The first-order chi connectivity index (χ1) is 16.7. The number of hydrogen-bond donors (Lipinski definition) is 6. The van der Waals surface area contributed by atoms with Crippen molar-refractivity contribution in [1.82, 2.24) is 30.7 Å². The topological polar surface area (TPSA) is 231 Å². The standard InChI is InChI=1S/C19H23N9O5S2/c20-6-7-23-34(31)15-5-4-14(16(18-24-26-27-25-18)17(15)35(32,33)28-34)11-2-1-3-12(8-11)19(30)22-10-13(29)9-21/h1-5,8,13,29H,6-7,9-10,20-21H2,(H,22,30)(H,23,28,31)(H,24,25,26,27)/t13-,34?/m1/s1. The highest BCUT2D eigenvalue weighted by Crippen LogP contribution is 2.43. The third-order valence-corrected chi connectivity index (χ3v) is 9.32. The summed E-state index contributed by atoms with van der Waals surface area (Å²) in [6.07, 6.45) is -0.889. The zero-order chi connectivity index (χ0) is 25.2. The number of hydrogen-bond acceptors (Lipinski definition) is 10. The number of aliphatic hydroxyl groups excluding tert-OH is 1. The molecule has 1 amide bonds. The fourth-order valence-corrected chi connectivity index (χ4v) is 8.04. The fraction of sp³-hybridized carbons (Fsp3) is 0.263. The number of tetrazole rings is 1. The number of carbonyl (C=O) groups excluding carboxylic acids is 1. The summed E-state index contributed by atoms with van der Waals surface area (Å²) >= 11 is 0. The average molecular weight is 522 g/mol. The molecule has 0 radical (unpaired) electrons. The monoisotopic (exact) mass is 521 g/mol. The summed E-state index contributed by atoms with van der Waals surface area (Å²) in [4.78, 5) is 12.2. The Labute approximate surface area is 200 Å². The van der Waals surface area contributed by atoms with E-state index in [2.05, 4.69) is 34.4 Å². The SMILES string of the molecule is NCCNS1(=O)=NS(=O)(=O)c2c1ccc(-c1cccc(C(=O)NC[C@H](O)CN)c1)c2-c1nn[nH]n1. The number of nitrogens with zero attached hydrogens (tertiary/aromatic N) is 4. The van der Waals surface area contributed by atoms with Gasteiger partial charge < -0.3 is 21.9 Å². The molecule has 0 saturated heterocycles. The zero-order valence-electron chi connectivity index (χ0n) is 18.2. The van der Waals surface area contributed by atoms with Gasteiger partial charge in [-0.05, 0) is 34.5 Å². The van der Waals surface area contributed by atoms with E-state index in [9.17, 15) is 22.5 Å². The molecule has 35 heavy (non-hydrogen) atoms. The minimum absolute atomic E-state index is 0.00758. The maximum Gasteiger partial charge on any atom is 0.293 e. The summed E-state index contributed by atoms with van der Waals surface area (Å²) in [7, 11) is -7.88. The van der Waals surface area contributed by atoms with Crippen molar-refractivity contribution in [2.45, 2.75) is 15.9 Å². The number of aromatic amines is 1. The first kappa shape index (κ1) is 24.8. The van der Waals surface area contributed by atoms with Crippen molar-refractivity contribution in [1.29, 1.82) is 0 Å². The Morgan fingerprint density at radius 3 is 2.66 bits per heavy atom. The van der Waals surface area contributed by atoms with Crippen LogP contribution in [0.2, 0.25) is 0 Å². The summed E-state index contributed by atoms with van der Waals surface area (Å²) in [5, 5.41) is 25.9. The lowest BCUT2D eigenvalue weighted by molar-refractivity contribution is 0.0920. The lowest BCUT2D eigenvalue weighted by Gasteiger charge is -2.14. The number of aliphatic hydroxyl groups is 1. The molecule has 4 rings (SSSR count). The molecule has 14 nitrogen and oxygen atoms in total. The van der Waals surface area contributed by atoms with E-state index in [0.717, 1.165) is 0 Å². The van der Waals surface area contributed by atoms with Crippen molar-refractivity contribution in [3.8, 4) is 22.5 Å². The van der Waals surface area contributed by atoms with Gasteiger partial charge in [0.05, 0.1) is 16.6 Å². The lowest BCUT2D eigenvalue weighted by atomic mass is 9.97. The van der Waals surface area contributed by atoms with Crippen molar-refractivity contribution < 1.29 is 22.5 Å². The second-order valence-corrected chi connectivity index (χ2v) is 11.2. The molecule has 0 spiro atoms. The van der Waals surface area contributed by atoms with Crippen LogP contribution in [0.25, 0.3) is 22.5 Å². The average Bonchev–Trinajstić information content (AvgIpc) is 3.45. The highest BCUT2D eigenvalue weighted by atomic mass is 32.3. The first-order valence-electron chi connectivity index (χ1n) is 10.4. The normalized spacial score (nSPS) is 19.1. The van der Waals surface area contributed by atoms with E-state index >= 15 is 0 Å². The maximum atomic E-state index is 13.4. The summed E-state index contributed by atoms with van der Waals surface area (Å²) in [5.74, 6) is -0.516. The van der Waals surface area contributed by atoms with Gasteiger partial charge in [0.1, 0.15) is 4.90 Å². The molecule has 2 atom stereocenters. The molecule has 0 saturated carbocycles. The molecule has 2 aromatic carbocycles. The highest BCUT2D eigenvalue weighted by Gasteiger charge is 2.39. The van der Waals surface area contributed by atoms with E-state index in [1.54, 1.807) is 24.3 Å². The summed E-state index contributed by atoms with van der Waals surface area (Å²) in [6, 6.07) is 9.34. The van der Waals surface area contributed by atoms with Gasteiger partial charge in [0, 0.05) is 31.7 Å². The van der Waals surface area contributed by atoms with Gasteiger partial charge in [-0.1, -0.05) is 22.0 Å². The van der Waals surface area contributed by atoms with Crippen LogP contribution in [0.1, 0.15) is 10.4 Å². The van der Waals surface area contributed by atoms with Crippen molar-refractivity contribution in [2.75, 3.05) is 26.2 Å². The van der Waals surface area contributed by atoms with Gasteiger partial charge >= 0.3 is 0 Å². The summed E-state index contributed by atoms with van der Waals surface area (Å²) in [5.41, 5.74) is 12.0. The van der Waals surface area contributed by atoms with E-state index in [1.807, 2.05) is 0 Å². The number of carbonyl (C=O) groups is 1. The van der Waals surface area contributed by atoms with Gasteiger partial charge in [0.2, 0.25) is 5.82 Å². The van der Waals surface area contributed by atoms with Gasteiger partial charge in [0.15, 0.2) is 9.92 Å². The molecule has 0 bridgehead atoms. The highest BCUT2D eigenvalue weighted by molar-refractivity contribution is 8.05. The third-order valence-electron chi connectivity index (χ3n) is 5.10. The molecule has 1 aromatic heterocycles. The van der Waals surface area contributed by atoms with Crippen LogP contribution in [-0.2, 0) is 19.9 Å². The molecule has 1 aliphatic rings. The molecule has 3 aromatic rings. The molecule has 16 heteroatoms. The predicted molar refractivity (Wildman–Crippen MR) is 126 cm³/mol. The Morgan fingerprint density at radius 1 is 1.17 bits per heavy atom. The zero-order valence-corrected chi connectivity index (χ0v) is 19.8. The van der Waals surface area contributed by atoms with Gasteiger partial charge in [-0.3, -0.25) is 4.79 Å². The number of benzene rings is 2. The fourth-order valence-electron chi connectivity index (χ4n) is 3.51. The summed E-state index contributed by atoms with van der Waals surface area (Å²) in [6.45, 7) is 0.157. The van der Waals surface area contributed by atoms with Crippen LogP contribution < -0.4 is 21.5 Å². The van der Waals surface area contributed by atoms with Crippen LogP contribution in [-0.4, -0.2) is 76.5 Å². The number of nitrogens with one attached hydrogen (secondary N) is 3. The second-order valence-electron chi connectivity index (χ2n) is 7.49. The Balaban J connectivity index is 1.86. The number of amides is 1. The Morgan fingerprint density at radius 2 is 1.97 bits per heavy atom. The molecule has 1 aliphatic heterocycles. The first-order valence-corrected chi connectivity index (χ1v) is 13.3. The lowest BCUT2D eigenvalue weighted by Crippen LogP contribution is -2.36. The molecule has 186 valence electrons. The number of sulfonamides is 1. The van der Waals surface area contributed by atoms with Crippen LogP contribution in [0.5, 0.6) is 0 Å². The number of fused-ring (bicyclic) bond motifs is 1. The van der Waals surface area contributed by atoms with Crippen molar-refractivity contribution >= 4 is 25.8 Å². The Hall–Kier alpha value is -3.28. The number of H-pyrrole nitrogens is 1. The van der Waals surface area contributed by atoms with Crippen LogP contribution >= 0.6 is 0 Å². The third kappa shape index (κ3) is 4.79.